The molecule has 0 fully saturated rings. The number of nitrogens with two attached hydrogens (primary N) is 1. The second kappa shape index (κ2) is 5.68. The van der Waals surface area contributed by atoms with Crippen molar-refractivity contribution >= 4 is 17.8 Å². The molecule has 0 aromatic heterocycles. The molecule has 1 unspecified atom stereocenters. The van der Waals surface area contributed by atoms with Crippen molar-refractivity contribution in [3.63, 3.8) is 0 Å². The van der Waals surface area contributed by atoms with E-state index in [0.717, 1.165) is 0 Å². The van der Waals surface area contributed by atoms with Gasteiger partial charge in [0.25, 0.3) is 0 Å². The monoisotopic (exact) mass is 230 g/mol. The molecule has 0 saturated heterocycles. The Morgan fingerprint density at radius 2 is 2.40 bits per heavy atom. The summed E-state index contributed by atoms with van der Waals surface area (Å²) in [5.74, 6) is -0.404. The fourth-order valence-electron chi connectivity index (χ4n) is 0.911. The third kappa shape index (κ3) is 3.85. The van der Waals surface area contributed by atoms with E-state index in [1.54, 1.807) is 13.0 Å². The smallest absolute Gasteiger partial charge is 0.146 e. The van der Waals surface area contributed by atoms with Gasteiger partial charge in [0, 0.05) is 11.6 Å². The van der Waals surface area contributed by atoms with Crippen LogP contribution >= 0.6 is 11.6 Å². The van der Waals surface area contributed by atoms with Crippen LogP contribution in [0.5, 0.6) is 0 Å². The molecule has 1 aromatic carbocycles. The van der Waals surface area contributed by atoms with Gasteiger partial charge in [-0.3, -0.25) is 0 Å². The van der Waals surface area contributed by atoms with Gasteiger partial charge in [-0.2, -0.15) is 0 Å². The predicted molar refractivity (Wildman–Crippen MR) is 58.3 cm³/mol. The quantitative estimate of drug-likeness (QED) is 0.638. The summed E-state index contributed by atoms with van der Waals surface area (Å²) in [7, 11) is 0. The van der Waals surface area contributed by atoms with Crippen molar-refractivity contribution in [3.8, 4) is 0 Å². The van der Waals surface area contributed by atoms with Crippen LogP contribution in [0.3, 0.4) is 0 Å². The molecule has 3 nitrogen and oxygen atoms in total. The number of hydrogen-bond acceptors (Lipinski definition) is 3. The summed E-state index contributed by atoms with van der Waals surface area (Å²) in [6, 6.07) is 4.26. The topological polar surface area (TPSA) is 47.6 Å². The molecule has 0 spiro atoms. The van der Waals surface area contributed by atoms with E-state index >= 15 is 0 Å². The maximum Gasteiger partial charge on any atom is 0.146 e. The minimum absolute atomic E-state index is 0.00523. The lowest BCUT2D eigenvalue weighted by molar-refractivity contribution is 0.128. The molecule has 1 atom stereocenters. The molecule has 1 rings (SSSR count). The Labute approximate surface area is 92.7 Å². The first-order valence-electron chi connectivity index (χ1n) is 4.45. The summed E-state index contributed by atoms with van der Waals surface area (Å²) in [5.41, 5.74) is 5.69. The molecule has 0 radical (unpaired) electrons. The molecule has 1 aromatic rings. The van der Waals surface area contributed by atoms with Gasteiger partial charge in [-0.25, -0.2) is 4.39 Å². The third-order valence-electron chi connectivity index (χ3n) is 1.64. The van der Waals surface area contributed by atoms with E-state index in [1.165, 1.54) is 18.3 Å². The summed E-state index contributed by atoms with van der Waals surface area (Å²) in [6.45, 7) is 1.75. The number of rotatable bonds is 4. The Morgan fingerprint density at radius 3 is 3.00 bits per heavy atom. The molecule has 5 heteroatoms. The molecular formula is C10H12ClFN2O. The van der Waals surface area contributed by atoms with Crippen LogP contribution in [-0.4, -0.2) is 12.3 Å². The molecular weight excluding hydrogens is 219 g/mol. The predicted octanol–water partition coefficient (Wildman–Crippen LogP) is 2.33. The lowest BCUT2D eigenvalue weighted by Crippen LogP contribution is -2.16. The van der Waals surface area contributed by atoms with Crippen LogP contribution in [0.1, 0.15) is 12.5 Å². The number of oxime groups is 1. The molecule has 0 saturated carbocycles. The van der Waals surface area contributed by atoms with Gasteiger partial charge in [0.2, 0.25) is 0 Å². The number of halogens is 2. The third-order valence-corrected chi connectivity index (χ3v) is 2.00. The number of hydrogen-bond donors (Lipinski definition) is 1. The van der Waals surface area contributed by atoms with Crippen molar-refractivity contribution in [2.24, 2.45) is 10.9 Å². The Balaban J connectivity index is 2.58. The van der Waals surface area contributed by atoms with E-state index in [2.05, 4.69) is 5.16 Å². The van der Waals surface area contributed by atoms with E-state index in [0.29, 0.717) is 10.6 Å². The zero-order valence-electron chi connectivity index (χ0n) is 8.28. The summed E-state index contributed by atoms with van der Waals surface area (Å²) in [4.78, 5) is 4.86. The van der Waals surface area contributed by atoms with Crippen LogP contribution in [0.4, 0.5) is 4.39 Å². The van der Waals surface area contributed by atoms with Crippen LogP contribution in [-0.2, 0) is 11.4 Å². The highest BCUT2D eigenvalue weighted by molar-refractivity contribution is 6.31. The van der Waals surface area contributed by atoms with Gasteiger partial charge in [-0.1, -0.05) is 22.8 Å². The molecule has 15 heavy (non-hydrogen) atoms. The molecule has 0 aliphatic heterocycles. The van der Waals surface area contributed by atoms with E-state index in [9.17, 15) is 4.39 Å². The second-order valence-corrected chi connectivity index (χ2v) is 3.49. The zero-order valence-corrected chi connectivity index (χ0v) is 9.04. The Bertz CT molecular complexity index is 335. The van der Waals surface area contributed by atoms with Crippen molar-refractivity contribution in [2.45, 2.75) is 19.6 Å². The van der Waals surface area contributed by atoms with Gasteiger partial charge in [0.15, 0.2) is 0 Å². The largest absolute Gasteiger partial charge is 0.391 e. The average molecular weight is 231 g/mol. The molecule has 0 bridgehead atoms. The fraction of sp³-hybridized carbons (Fsp3) is 0.300. The lowest BCUT2D eigenvalue weighted by atomic mass is 10.2. The minimum Gasteiger partial charge on any atom is -0.391 e. The van der Waals surface area contributed by atoms with Gasteiger partial charge >= 0.3 is 0 Å². The molecule has 0 aliphatic carbocycles. The highest BCUT2D eigenvalue weighted by atomic mass is 35.5. The van der Waals surface area contributed by atoms with Gasteiger partial charge in [0.05, 0.1) is 11.2 Å². The summed E-state index contributed by atoms with van der Waals surface area (Å²) in [5, 5.41) is 3.90. The first kappa shape index (κ1) is 11.9. The van der Waals surface area contributed by atoms with Crippen LogP contribution < -0.4 is 5.73 Å². The highest BCUT2D eigenvalue weighted by Crippen LogP contribution is 2.19. The van der Waals surface area contributed by atoms with Crippen molar-refractivity contribution in [1.29, 1.82) is 0 Å². The van der Waals surface area contributed by atoms with Gasteiger partial charge in [-0.05, 0) is 19.1 Å². The van der Waals surface area contributed by atoms with Crippen molar-refractivity contribution in [3.05, 3.63) is 34.6 Å². The summed E-state index contributed by atoms with van der Waals surface area (Å²) < 4.78 is 13.2. The van der Waals surface area contributed by atoms with E-state index in [-0.39, 0.29) is 12.6 Å². The Kier molecular flexibility index (Phi) is 4.52. The first-order chi connectivity index (χ1) is 7.11. The summed E-state index contributed by atoms with van der Waals surface area (Å²) >= 11 is 5.77. The van der Waals surface area contributed by atoms with Crippen molar-refractivity contribution in [1.82, 2.24) is 0 Å². The van der Waals surface area contributed by atoms with E-state index in [1.807, 2.05) is 0 Å². The maximum absolute atomic E-state index is 13.2. The van der Waals surface area contributed by atoms with Crippen LogP contribution in [0, 0.1) is 5.82 Å². The molecule has 82 valence electrons. The van der Waals surface area contributed by atoms with Crippen molar-refractivity contribution in [2.75, 3.05) is 0 Å². The Morgan fingerprint density at radius 1 is 1.67 bits per heavy atom. The molecule has 0 aliphatic rings. The van der Waals surface area contributed by atoms with E-state index in [4.69, 9.17) is 22.2 Å². The van der Waals surface area contributed by atoms with Gasteiger partial charge < -0.3 is 10.6 Å². The number of nitrogens with zero attached hydrogens (tertiary/aromatic N) is 1. The SMILES string of the molecule is CC(N)C=NOCc1c(F)cccc1Cl. The first-order valence-corrected chi connectivity index (χ1v) is 4.83. The fourth-order valence-corrected chi connectivity index (χ4v) is 1.13. The zero-order chi connectivity index (χ0) is 11.3. The minimum atomic E-state index is -0.404. The molecule has 2 N–H and O–H groups in total. The van der Waals surface area contributed by atoms with Gasteiger partial charge in [0.1, 0.15) is 12.4 Å². The number of benzene rings is 1. The van der Waals surface area contributed by atoms with Crippen LogP contribution in [0.2, 0.25) is 5.02 Å². The second-order valence-electron chi connectivity index (χ2n) is 3.09. The maximum atomic E-state index is 13.2. The highest BCUT2D eigenvalue weighted by Gasteiger charge is 2.06. The standard InChI is InChI=1S/C10H12ClFN2O/c1-7(13)5-14-15-6-8-9(11)3-2-4-10(8)12/h2-5,7H,6,13H2,1H3. The summed E-state index contributed by atoms with van der Waals surface area (Å²) in [6.07, 6.45) is 1.43. The molecule has 0 heterocycles. The normalized spacial score (nSPS) is 13.1. The van der Waals surface area contributed by atoms with Crippen LogP contribution in [0.15, 0.2) is 23.4 Å². The van der Waals surface area contributed by atoms with Crippen molar-refractivity contribution < 1.29 is 9.23 Å². The van der Waals surface area contributed by atoms with E-state index < -0.39 is 5.82 Å². The molecule has 0 amide bonds. The average Bonchev–Trinajstić information content (AvgIpc) is 2.15. The Hall–Kier alpha value is -1.13. The van der Waals surface area contributed by atoms with Gasteiger partial charge in [-0.15, -0.1) is 0 Å². The van der Waals surface area contributed by atoms with Crippen LogP contribution in [0.25, 0.3) is 0 Å². The lowest BCUT2D eigenvalue weighted by Gasteiger charge is -2.04.